The molecule has 1 N–H and O–H groups in total. The van der Waals surface area contributed by atoms with Crippen LogP contribution < -0.4 is 5.32 Å². The zero-order chi connectivity index (χ0) is 15.5. The van der Waals surface area contributed by atoms with Crippen LogP contribution in [0.25, 0.3) is 17.0 Å². The van der Waals surface area contributed by atoms with Crippen LogP contribution in [0.3, 0.4) is 0 Å². The van der Waals surface area contributed by atoms with Crippen molar-refractivity contribution < 1.29 is 0 Å². The molecule has 116 valence electrons. The highest BCUT2D eigenvalue weighted by atomic mass is 14.9. The van der Waals surface area contributed by atoms with Crippen LogP contribution in [-0.4, -0.2) is 28.8 Å². The van der Waals surface area contributed by atoms with Crippen LogP contribution in [0, 0.1) is 5.92 Å². The van der Waals surface area contributed by atoms with Crippen molar-refractivity contribution in [1.82, 2.24) is 15.3 Å². The minimum atomic E-state index is 0.585. The van der Waals surface area contributed by atoms with Crippen molar-refractivity contribution in [3.8, 4) is 11.4 Å². The van der Waals surface area contributed by atoms with E-state index in [9.17, 15) is 0 Å². The van der Waals surface area contributed by atoms with E-state index >= 15 is 0 Å². The quantitative estimate of drug-likeness (QED) is 0.946. The van der Waals surface area contributed by atoms with Crippen molar-refractivity contribution in [2.45, 2.75) is 19.3 Å². The summed E-state index contributed by atoms with van der Waals surface area (Å²) in [6.45, 7) is 2.20. The fraction of sp³-hybridized carbons (Fsp3) is 0.316. The monoisotopic (exact) mass is 304 g/mol. The van der Waals surface area contributed by atoms with Gasteiger partial charge in [0.05, 0.1) is 0 Å². The maximum atomic E-state index is 4.66. The summed E-state index contributed by atoms with van der Waals surface area (Å²) < 4.78 is 0. The van der Waals surface area contributed by atoms with Gasteiger partial charge in [-0.1, -0.05) is 30.3 Å². The smallest absolute Gasteiger partial charge is 0.159 e. The molecule has 4 heteroatoms. The van der Waals surface area contributed by atoms with Gasteiger partial charge in [0, 0.05) is 54.3 Å². The average Bonchev–Trinajstić information content (AvgIpc) is 3.14. The lowest BCUT2D eigenvalue weighted by molar-refractivity contribution is 0.456. The van der Waals surface area contributed by atoms with Crippen molar-refractivity contribution >= 4 is 11.3 Å². The highest BCUT2D eigenvalue weighted by Crippen LogP contribution is 2.28. The first kappa shape index (κ1) is 14.3. The van der Waals surface area contributed by atoms with Gasteiger partial charge in [-0.25, -0.2) is 9.97 Å². The molecule has 2 aromatic rings. The first-order valence-corrected chi connectivity index (χ1v) is 8.24. The van der Waals surface area contributed by atoms with Crippen LogP contribution in [0.1, 0.15) is 24.8 Å². The van der Waals surface area contributed by atoms with Gasteiger partial charge in [0.25, 0.3) is 0 Å². The Balaban J connectivity index is 1.46. The van der Waals surface area contributed by atoms with E-state index in [1.165, 1.54) is 24.1 Å². The molecule has 1 aromatic carbocycles. The molecule has 2 aliphatic heterocycles. The number of allylic oxidation sites excluding steroid dienone is 1. The molecule has 1 unspecified atom stereocenters. The lowest BCUT2D eigenvalue weighted by Gasteiger charge is -2.23. The fourth-order valence-electron chi connectivity index (χ4n) is 3.24. The highest BCUT2D eigenvalue weighted by Gasteiger charge is 2.23. The molecule has 0 bridgehead atoms. The third-order valence-electron chi connectivity index (χ3n) is 4.58. The van der Waals surface area contributed by atoms with Gasteiger partial charge in [-0.05, 0) is 25.0 Å². The van der Waals surface area contributed by atoms with Gasteiger partial charge in [-0.2, -0.15) is 0 Å². The molecule has 0 saturated carbocycles. The number of aliphatic imine (C=N–C) groups is 1. The first-order chi connectivity index (χ1) is 11.4. The Morgan fingerprint density at radius 3 is 2.57 bits per heavy atom. The van der Waals surface area contributed by atoms with Gasteiger partial charge in [0.1, 0.15) is 0 Å². The number of piperidine rings is 1. The average molecular weight is 304 g/mol. The highest BCUT2D eigenvalue weighted by molar-refractivity contribution is 5.99. The summed E-state index contributed by atoms with van der Waals surface area (Å²) in [5.41, 5.74) is 4.65. The molecule has 1 saturated heterocycles. The standard InChI is InChI=1S/C19H20N4/c1-2-5-14(6-3-1)19-22-12-17(13-23-19)16-9-18(21-11-16)15-7-4-8-20-10-15/h1-3,5-6,11-13,15,20H,4,7-10H2. The molecule has 4 rings (SSSR count). The zero-order valence-electron chi connectivity index (χ0n) is 13.1. The van der Waals surface area contributed by atoms with Crippen LogP contribution in [0.4, 0.5) is 0 Å². The molecular weight excluding hydrogens is 284 g/mol. The summed E-state index contributed by atoms with van der Waals surface area (Å²) in [5.74, 6) is 1.35. The van der Waals surface area contributed by atoms with E-state index in [1.54, 1.807) is 0 Å². The number of hydrogen-bond acceptors (Lipinski definition) is 4. The van der Waals surface area contributed by atoms with Gasteiger partial charge in [-0.15, -0.1) is 0 Å². The van der Waals surface area contributed by atoms with E-state index in [2.05, 4.69) is 20.3 Å². The third kappa shape index (κ3) is 3.08. The van der Waals surface area contributed by atoms with E-state index in [-0.39, 0.29) is 0 Å². The predicted molar refractivity (Wildman–Crippen MR) is 93.1 cm³/mol. The van der Waals surface area contributed by atoms with Gasteiger partial charge in [0.2, 0.25) is 0 Å². The Kier molecular flexibility index (Phi) is 3.99. The second kappa shape index (κ2) is 6.42. The van der Waals surface area contributed by atoms with E-state index < -0.39 is 0 Å². The minimum Gasteiger partial charge on any atom is -0.316 e. The van der Waals surface area contributed by atoms with Crippen molar-refractivity contribution in [2.24, 2.45) is 10.9 Å². The fourth-order valence-corrected chi connectivity index (χ4v) is 3.24. The summed E-state index contributed by atoms with van der Waals surface area (Å²) >= 11 is 0. The number of hydrogen-bond donors (Lipinski definition) is 1. The van der Waals surface area contributed by atoms with Crippen molar-refractivity contribution in [3.63, 3.8) is 0 Å². The third-order valence-corrected chi connectivity index (χ3v) is 4.58. The maximum absolute atomic E-state index is 4.66. The molecule has 0 radical (unpaired) electrons. The molecule has 1 atom stereocenters. The number of aromatic nitrogens is 2. The molecular formula is C19H20N4. The Morgan fingerprint density at radius 2 is 1.83 bits per heavy atom. The Hall–Kier alpha value is -2.33. The number of rotatable bonds is 3. The number of nitrogens with one attached hydrogen (secondary N) is 1. The Bertz CT molecular complexity index is 726. The van der Waals surface area contributed by atoms with E-state index in [0.29, 0.717) is 5.92 Å². The second-order valence-corrected chi connectivity index (χ2v) is 6.16. The number of nitrogens with zero attached hydrogens (tertiary/aromatic N) is 3. The van der Waals surface area contributed by atoms with Crippen molar-refractivity contribution in [1.29, 1.82) is 0 Å². The van der Waals surface area contributed by atoms with Crippen LogP contribution >= 0.6 is 0 Å². The van der Waals surface area contributed by atoms with Crippen LogP contribution in [0.15, 0.2) is 53.9 Å². The van der Waals surface area contributed by atoms with Gasteiger partial charge in [0.15, 0.2) is 5.82 Å². The molecule has 0 aliphatic carbocycles. The zero-order valence-corrected chi connectivity index (χ0v) is 13.1. The topological polar surface area (TPSA) is 50.2 Å². The molecule has 1 aromatic heterocycles. The summed E-state index contributed by atoms with van der Waals surface area (Å²) in [6, 6.07) is 10.1. The Labute approximate surface area is 136 Å². The lowest BCUT2D eigenvalue weighted by atomic mass is 9.91. The molecule has 23 heavy (non-hydrogen) atoms. The lowest BCUT2D eigenvalue weighted by Crippen LogP contribution is -2.34. The molecule has 4 nitrogen and oxygen atoms in total. The SMILES string of the molecule is C1=C(c2cnc(-c3ccccc3)nc2)CC(C2CCCNC2)=N1. The molecule has 1 fully saturated rings. The van der Waals surface area contributed by atoms with Gasteiger partial charge < -0.3 is 5.32 Å². The predicted octanol–water partition coefficient (Wildman–Crippen LogP) is 3.33. The first-order valence-electron chi connectivity index (χ1n) is 8.24. The summed E-state index contributed by atoms with van der Waals surface area (Å²) in [5, 5.41) is 3.46. The van der Waals surface area contributed by atoms with Crippen LogP contribution in [0.5, 0.6) is 0 Å². The number of benzene rings is 1. The molecule has 0 amide bonds. The van der Waals surface area contributed by atoms with E-state index in [0.717, 1.165) is 36.5 Å². The summed E-state index contributed by atoms with van der Waals surface area (Å²) in [7, 11) is 0. The van der Waals surface area contributed by atoms with Gasteiger partial charge in [-0.3, -0.25) is 4.99 Å². The summed E-state index contributed by atoms with van der Waals surface area (Å²) in [4.78, 5) is 13.7. The minimum absolute atomic E-state index is 0.585. The van der Waals surface area contributed by atoms with Crippen LogP contribution in [0.2, 0.25) is 0 Å². The van der Waals surface area contributed by atoms with E-state index in [4.69, 9.17) is 0 Å². The molecule has 2 aliphatic rings. The normalized spacial score (nSPS) is 21.0. The molecule has 3 heterocycles. The van der Waals surface area contributed by atoms with Crippen LogP contribution in [-0.2, 0) is 0 Å². The summed E-state index contributed by atoms with van der Waals surface area (Å²) in [6.07, 6.45) is 9.24. The van der Waals surface area contributed by atoms with Crippen molar-refractivity contribution in [3.05, 3.63) is 54.5 Å². The van der Waals surface area contributed by atoms with E-state index in [1.807, 2.05) is 48.9 Å². The largest absolute Gasteiger partial charge is 0.316 e. The second-order valence-electron chi connectivity index (χ2n) is 6.16. The molecule has 0 spiro atoms. The maximum Gasteiger partial charge on any atom is 0.159 e. The van der Waals surface area contributed by atoms with Crippen molar-refractivity contribution in [2.75, 3.05) is 13.1 Å². The Morgan fingerprint density at radius 1 is 1.00 bits per heavy atom. The van der Waals surface area contributed by atoms with Gasteiger partial charge >= 0.3 is 0 Å².